The minimum Gasteiger partial charge on any atom is -0.497 e. The van der Waals surface area contributed by atoms with Gasteiger partial charge in [-0.05, 0) is 87.1 Å². The van der Waals surface area contributed by atoms with Gasteiger partial charge in [-0.1, -0.05) is 24.6 Å². The Morgan fingerprint density at radius 3 is 2.68 bits per heavy atom. The van der Waals surface area contributed by atoms with Crippen molar-refractivity contribution in [2.45, 2.75) is 62.7 Å². The summed E-state index contributed by atoms with van der Waals surface area (Å²) in [6.45, 7) is 6.17. The predicted octanol–water partition coefficient (Wildman–Crippen LogP) is 4.16. The van der Waals surface area contributed by atoms with Crippen LogP contribution in [0.4, 0.5) is 10.1 Å². The van der Waals surface area contributed by atoms with Crippen LogP contribution in [0.25, 0.3) is 0 Å². The van der Waals surface area contributed by atoms with Crippen molar-refractivity contribution >= 4 is 5.69 Å². The van der Waals surface area contributed by atoms with Gasteiger partial charge in [-0.25, -0.2) is 4.39 Å². The van der Waals surface area contributed by atoms with Crippen LogP contribution >= 0.6 is 0 Å². The normalized spacial score (nSPS) is 29.6. The Morgan fingerprint density at radius 1 is 1.11 bits per heavy atom. The van der Waals surface area contributed by atoms with Gasteiger partial charge in [0.15, 0.2) is 0 Å². The van der Waals surface area contributed by atoms with E-state index in [1.807, 2.05) is 12.1 Å². The number of hydrogen-bond acceptors (Lipinski definition) is 6. The number of rotatable bonds is 6. The third-order valence-electron chi connectivity index (χ3n) is 10.0. The van der Waals surface area contributed by atoms with E-state index in [1.165, 1.54) is 30.9 Å². The second kappa shape index (κ2) is 10.8. The van der Waals surface area contributed by atoms with Crippen molar-refractivity contribution in [2.24, 2.45) is 5.41 Å². The molecule has 0 saturated carbocycles. The van der Waals surface area contributed by atoms with Crippen LogP contribution in [0.3, 0.4) is 0 Å². The fourth-order valence-corrected chi connectivity index (χ4v) is 7.98. The fourth-order valence-electron chi connectivity index (χ4n) is 7.98. The van der Waals surface area contributed by atoms with E-state index in [2.05, 4.69) is 45.3 Å². The van der Waals surface area contributed by atoms with E-state index in [4.69, 9.17) is 4.74 Å². The molecule has 2 N–H and O–H groups in total. The number of benzene rings is 2. The number of aliphatic hydroxyl groups excluding tert-OH is 1. The summed E-state index contributed by atoms with van der Waals surface area (Å²) in [6, 6.07) is 14.3. The highest BCUT2D eigenvalue weighted by atomic mass is 19.1. The second-order valence-corrected chi connectivity index (χ2v) is 12.2. The highest BCUT2D eigenvalue weighted by Crippen LogP contribution is 2.56. The molecule has 0 aromatic heterocycles. The maximum absolute atomic E-state index is 13.8. The Hall–Kier alpha value is -2.19. The third kappa shape index (κ3) is 4.83. The number of nitrogens with one attached hydrogen (secondary N) is 1. The van der Waals surface area contributed by atoms with Crippen LogP contribution in [0.1, 0.15) is 49.1 Å². The first-order chi connectivity index (χ1) is 18.5. The van der Waals surface area contributed by atoms with Gasteiger partial charge in [0, 0.05) is 43.3 Å². The SMILES string of the molecule is COc1ccc2c(c1)NC1C2C2(CCN(Cc3cccc(F)c3)CC2)CN(CC2CCCCN2C)[C@H]1CO. The summed E-state index contributed by atoms with van der Waals surface area (Å²) in [5.74, 6) is 1.07. The standard InChI is InChI=1S/C31H43FN4O2/c1-34-13-4-3-8-24(34)19-36-21-31(11-14-35(15-12-31)18-22-6-5-7-23(32)16-22)29-26-10-9-25(38-2)17-27(26)33-30(29)28(36)20-37/h5-7,9-10,16-17,24,28-30,33,37H,3-4,8,11-15,18-21H2,1-2H3/t24?,28-,29?,30?/m0/s1. The van der Waals surface area contributed by atoms with Gasteiger partial charge < -0.3 is 20.1 Å². The average Bonchev–Trinajstić information content (AvgIpc) is 3.31. The molecule has 3 unspecified atom stereocenters. The second-order valence-electron chi connectivity index (χ2n) is 12.2. The van der Waals surface area contributed by atoms with E-state index in [1.54, 1.807) is 13.2 Å². The summed E-state index contributed by atoms with van der Waals surface area (Å²) >= 11 is 0. The molecule has 7 heteroatoms. The van der Waals surface area contributed by atoms with Crippen molar-refractivity contribution in [3.8, 4) is 5.75 Å². The quantitative estimate of drug-likeness (QED) is 0.595. The molecule has 6 rings (SSSR count). The summed E-state index contributed by atoms with van der Waals surface area (Å²) in [6.07, 6.45) is 6.02. The zero-order chi connectivity index (χ0) is 26.3. The molecule has 3 saturated heterocycles. The predicted molar refractivity (Wildman–Crippen MR) is 149 cm³/mol. The molecule has 0 amide bonds. The molecule has 38 heavy (non-hydrogen) atoms. The van der Waals surface area contributed by atoms with Crippen molar-refractivity contribution in [2.75, 3.05) is 58.8 Å². The molecule has 1 spiro atoms. The monoisotopic (exact) mass is 522 g/mol. The summed E-state index contributed by atoms with van der Waals surface area (Å²) in [5, 5.41) is 14.6. The number of piperidine rings is 3. The first-order valence-corrected chi connectivity index (χ1v) is 14.5. The Bertz CT molecular complexity index is 1120. The van der Waals surface area contributed by atoms with Crippen molar-refractivity contribution in [1.82, 2.24) is 14.7 Å². The molecule has 6 nitrogen and oxygen atoms in total. The van der Waals surface area contributed by atoms with Crippen molar-refractivity contribution in [3.63, 3.8) is 0 Å². The highest BCUT2D eigenvalue weighted by Gasteiger charge is 2.56. The van der Waals surface area contributed by atoms with Crippen LogP contribution in [0.2, 0.25) is 0 Å². The van der Waals surface area contributed by atoms with Crippen LogP contribution < -0.4 is 10.1 Å². The molecule has 4 atom stereocenters. The van der Waals surface area contributed by atoms with E-state index in [0.717, 1.165) is 69.1 Å². The number of fused-ring (bicyclic) bond motifs is 4. The molecule has 0 aliphatic carbocycles. The molecule has 0 radical (unpaired) electrons. The minimum absolute atomic E-state index is 0.0877. The summed E-state index contributed by atoms with van der Waals surface area (Å²) in [7, 11) is 3.99. The molecular weight excluding hydrogens is 479 g/mol. The topological polar surface area (TPSA) is 51.2 Å². The average molecular weight is 523 g/mol. The van der Waals surface area contributed by atoms with Crippen molar-refractivity contribution in [3.05, 3.63) is 59.4 Å². The lowest BCUT2D eigenvalue weighted by molar-refractivity contribution is -0.0518. The van der Waals surface area contributed by atoms with E-state index >= 15 is 0 Å². The van der Waals surface area contributed by atoms with E-state index in [9.17, 15) is 9.50 Å². The van der Waals surface area contributed by atoms with Crippen LogP contribution in [-0.2, 0) is 6.54 Å². The van der Waals surface area contributed by atoms with Crippen molar-refractivity contribution < 1.29 is 14.2 Å². The molecular formula is C31H43FN4O2. The Kier molecular flexibility index (Phi) is 7.38. The summed E-state index contributed by atoms with van der Waals surface area (Å²) in [4.78, 5) is 7.65. The molecule has 2 aromatic carbocycles. The number of nitrogens with zero attached hydrogens (tertiary/aromatic N) is 3. The molecule has 4 heterocycles. The molecule has 206 valence electrons. The van der Waals surface area contributed by atoms with E-state index in [0.29, 0.717) is 12.0 Å². The van der Waals surface area contributed by atoms with Crippen LogP contribution in [-0.4, -0.2) is 91.4 Å². The summed E-state index contributed by atoms with van der Waals surface area (Å²) < 4.78 is 19.4. The lowest BCUT2D eigenvalue weighted by atomic mass is 9.60. The third-order valence-corrected chi connectivity index (χ3v) is 10.0. The zero-order valence-corrected chi connectivity index (χ0v) is 22.9. The number of likely N-dealkylation sites (N-methyl/N-ethyl adjacent to an activating group) is 1. The molecule has 4 aliphatic rings. The summed E-state index contributed by atoms with van der Waals surface area (Å²) in [5.41, 5.74) is 3.72. The lowest BCUT2D eigenvalue weighted by Gasteiger charge is -2.57. The molecule has 3 fully saturated rings. The number of hydrogen-bond donors (Lipinski definition) is 2. The van der Waals surface area contributed by atoms with Gasteiger partial charge in [0.1, 0.15) is 11.6 Å². The number of likely N-dealkylation sites (tertiary alicyclic amines) is 3. The maximum atomic E-state index is 13.8. The van der Waals surface area contributed by atoms with E-state index < -0.39 is 0 Å². The van der Waals surface area contributed by atoms with Crippen LogP contribution in [0.15, 0.2) is 42.5 Å². The van der Waals surface area contributed by atoms with Gasteiger partial charge in [0.25, 0.3) is 0 Å². The van der Waals surface area contributed by atoms with Crippen LogP contribution in [0, 0.1) is 11.2 Å². The fraction of sp³-hybridized carbons (Fsp3) is 0.613. The first-order valence-electron chi connectivity index (χ1n) is 14.5. The van der Waals surface area contributed by atoms with Gasteiger partial charge in [0.2, 0.25) is 0 Å². The Morgan fingerprint density at radius 2 is 1.95 bits per heavy atom. The molecule has 0 bridgehead atoms. The zero-order valence-electron chi connectivity index (χ0n) is 22.9. The number of anilines is 1. The van der Waals surface area contributed by atoms with E-state index in [-0.39, 0.29) is 29.9 Å². The van der Waals surface area contributed by atoms with Gasteiger partial charge in [-0.2, -0.15) is 0 Å². The van der Waals surface area contributed by atoms with Gasteiger partial charge >= 0.3 is 0 Å². The van der Waals surface area contributed by atoms with Gasteiger partial charge in [-0.15, -0.1) is 0 Å². The Balaban J connectivity index is 1.28. The number of methoxy groups -OCH3 is 1. The number of aliphatic hydroxyl groups is 1. The number of ether oxygens (including phenoxy) is 1. The Labute approximate surface area is 226 Å². The van der Waals surface area contributed by atoms with Gasteiger partial charge in [-0.3, -0.25) is 9.80 Å². The first kappa shape index (κ1) is 26.1. The lowest BCUT2D eigenvalue weighted by Crippen LogP contribution is -2.65. The van der Waals surface area contributed by atoms with Crippen molar-refractivity contribution in [1.29, 1.82) is 0 Å². The number of halogens is 1. The molecule has 4 aliphatic heterocycles. The molecule has 2 aromatic rings. The largest absolute Gasteiger partial charge is 0.497 e. The maximum Gasteiger partial charge on any atom is 0.123 e. The van der Waals surface area contributed by atoms with Gasteiger partial charge in [0.05, 0.1) is 25.8 Å². The minimum atomic E-state index is -0.159. The van der Waals surface area contributed by atoms with Crippen LogP contribution in [0.5, 0.6) is 5.75 Å². The smallest absolute Gasteiger partial charge is 0.123 e. The highest BCUT2D eigenvalue weighted by molar-refractivity contribution is 5.64.